The molecule has 0 aliphatic carbocycles. The molecular weight excluding hydrogens is 186 g/mol. The zero-order valence-corrected chi connectivity index (χ0v) is 11.4. The molecule has 0 spiro atoms. The van der Waals surface area contributed by atoms with Gasteiger partial charge in [-0.15, -0.1) is 0 Å². The van der Waals surface area contributed by atoms with Crippen molar-refractivity contribution in [1.29, 1.82) is 0 Å². The maximum absolute atomic E-state index is 8.72. The van der Waals surface area contributed by atoms with Crippen LogP contribution in [-0.4, -0.2) is 17.1 Å². The van der Waals surface area contributed by atoms with Crippen molar-refractivity contribution in [3.05, 3.63) is 0 Å². The van der Waals surface area contributed by atoms with Crippen LogP contribution in [0.2, 0.25) is 0 Å². The Morgan fingerprint density at radius 1 is 1.22 bits per heavy atom. The zero-order valence-electron chi connectivity index (χ0n) is 5.13. The van der Waals surface area contributed by atoms with E-state index in [9.17, 15) is 0 Å². The van der Waals surface area contributed by atoms with Gasteiger partial charge in [0.2, 0.25) is 6.16 Å². The van der Waals surface area contributed by atoms with E-state index in [-0.39, 0.29) is 114 Å². The monoisotopic (exact) mass is 190 g/mol. The van der Waals surface area contributed by atoms with E-state index >= 15 is 0 Å². The third-order valence-electron chi connectivity index (χ3n) is 0.0680. The summed E-state index contributed by atoms with van der Waals surface area (Å²) in [4.78, 5) is 11.0. The first-order valence-corrected chi connectivity index (χ1v) is 0.779. The molecule has 0 rings (SSSR count). The average molecular weight is 190 g/mol. The summed E-state index contributed by atoms with van der Waals surface area (Å²) in [5, 5.41) is 17.2. The molecule has 0 aromatic rings. The van der Waals surface area contributed by atoms with Gasteiger partial charge >= 0.3 is 103 Å². The van der Waals surface area contributed by atoms with Gasteiger partial charge in [0.15, 0.2) is 0 Å². The molecule has 8 heteroatoms. The van der Waals surface area contributed by atoms with Crippen LogP contribution in [0.5, 0.6) is 0 Å². The summed E-state index contributed by atoms with van der Waals surface area (Å²) in [5.74, 6) is 0. The first kappa shape index (κ1) is 30.1. The van der Waals surface area contributed by atoms with E-state index in [1.54, 1.807) is 0 Å². The molecule has 0 saturated carbocycles. The van der Waals surface area contributed by atoms with Crippen molar-refractivity contribution < 1.29 is 134 Å². The van der Waals surface area contributed by atoms with Crippen molar-refractivity contribution in [2.75, 3.05) is 0 Å². The molecule has 0 aromatic heterocycles. The molecule has 0 aromatic carbocycles. The van der Waals surface area contributed by atoms with E-state index in [0.29, 0.717) is 0 Å². The Hall–Kier alpha value is 2.42. The smallest absolute Gasteiger partial charge is 0.755 e. The third kappa shape index (κ3) is 37.8. The molecule has 46 valence electrons. The van der Waals surface area contributed by atoms with Gasteiger partial charge in [0.1, 0.15) is 0 Å². The number of carboxylic acid groups (broad SMARTS) is 1. The Morgan fingerprint density at radius 3 is 1.33 bits per heavy atom. The summed E-state index contributed by atoms with van der Waals surface area (Å²) in [6.45, 7) is 0. The number of rotatable bonds is 0. The molecule has 0 radical (unpaired) electrons. The van der Waals surface area contributed by atoms with Gasteiger partial charge in [-0.25, -0.2) is 0 Å². The molecule has 0 saturated heterocycles. The summed E-state index contributed by atoms with van der Waals surface area (Å²) in [6.07, 6.45) is -2.05. The molecule has 0 fully saturated rings. The minimum Gasteiger partial charge on any atom is -0.755 e. The van der Waals surface area contributed by atoms with Crippen molar-refractivity contribution >= 4 is 6.16 Å². The van der Waals surface area contributed by atoms with E-state index < -0.39 is 6.16 Å². The van der Waals surface area contributed by atoms with Crippen LogP contribution in [0.3, 0.4) is 0 Å². The largest absolute Gasteiger partial charge is 1.00 e. The van der Waals surface area contributed by atoms with Gasteiger partial charge in [0.25, 0.3) is 0 Å². The molecule has 0 unspecified atom stereocenters. The second-order valence-electron chi connectivity index (χ2n) is 0.333. The molecule has 9 heavy (non-hydrogen) atoms. The second-order valence-corrected chi connectivity index (χ2v) is 0.333. The summed E-state index contributed by atoms with van der Waals surface area (Å²) >= 11 is 0. The fourth-order valence-corrected chi connectivity index (χ4v) is 0. The predicted octanol–water partition coefficient (Wildman–Crippen LogP) is -10.0. The normalized spacial score (nSPS) is 3.67. The number of carbonyl (C=O) groups is 1. The molecule has 4 N–H and O–H groups in total. The Kier molecular flexibility index (Phi) is 75.0. The summed E-state index contributed by atoms with van der Waals surface area (Å²) in [5.41, 5.74) is 0. The van der Waals surface area contributed by atoms with Crippen LogP contribution in [-0.2, 0) is 4.89 Å². The van der Waals surface area contributed by atoms with E-state index in [1.165, 1.54) is 0 Å². The predicted molar refractivity (Wildman–Crippen MR) is 13.7 cm³/mol. The average Bonchev–Trinajstić information content (AvgIpc) is 1.38. The third-order valence-corrected chi connectivity index (χ3v) is 0.0680. The quantitative estimate of drug-likeness (QED) is 0.213. The van der Waals surface area contributed by atoms with Gasteiger partial charge in [-0.3, -0.25) is 0 Å². The van der Waals surface area contributed by atoms with Crippen molar-refractivity contribution in [2.45, 2.75) is 0 Å². The Labute approximate surface area is 136 Å². The summed E-state index contributed by atoms with van der Waals surface area (Å²) < 4.78 is 0. The molecule has 6 nitrogen and oxygen atoms in total. The van der Waals surface area contributed by atoms with Gasteiger partial charge in [-0.05, 0) is 0 Å². The zero-order chi connectivity index (χ0) is 4.28. The summed E-state index contributed by atoms with van der Waals surface area (Å²) in [6, 6.07) is 0. The molecular formula is CH4K2O6. The van der Waals surface area contributed by atoms with Crippen LogP contribution in [0.1, 0.15) is 0 Å². The van der Waals surface area contributed by atoms with Crippen molar-refractivity contribution in [3.63, 3.8) is 0 Å². The van der Waals surface area contributed by atoms with Gasteiger partial charge in [0, 0.05) is 0 Å². The SMILES string of the molecule is O.O.O=C([O-])O[O-].[K+].[K+]. The first-order chi connectivity index (χ1) is 2.27. The van der Waals surface area contributed by atoms with E-state index in [0.717, 1.165) is 0 Å². The minimum absolute atomic E-state index is 0. The topological polar surface area (TPSA) is 135 Å². The summed E-state index contributed by atoms with van der Waals surface area (Å²) in [7, 11) is 0. The molecule has 0 atom stereocenters. The van der Waals surface area contributed by atoms with Crippen LogP contribution in [0.25, 0.3) is 0 Å². The maximum Gasteiger partial charge on any atom is 1.00 e. The van der Waals surface area contributed by atoms with Crippen molar-refractivity contribution in [1.82, 2.24) is 0 Å². The first-order valence-electron chi connectivity index (χ1n) is 0.779. The van der Waals surface area contributed by atoms with Gasteiger partial charge in [-0.1, -0.05) is 0 Å². The van der Waals surface area contributed by atoms with Gasteiger partial charge in [-0.2, -0.15) is 0 Å². The number of hydrogen-bond acceptors (Lipinski definition) is 4. The Morgan fingerprint density at radius 2 is 1.33 bits per heavy atom. The van der Waals surface area contributed by atoms with Crippen LogP contribution in [0, 0.1) is 0 Å². The maximum atomic E-state index is 8.72. The fourth-order valence-electron chi connectivity index (χ4n) is 0. The van der Waals surface area contributed by atoms with Crippen molar-refractivity contribution in [2.24, 2.45) is 0 Å². The molecule has 0 aliphatic heterocycles. The Balaban J connectivity index is -0.0000000133. The van der Waals surface area contributed by atoms with Crippen LogP contribution >= 0.6 is 0 Å². The molecule has 0 heterocycles. The molecule has 0 aliphatic rings. The second kappa shape index (κ2) is 22.4. The van der Waals surface area contributed by atoms with E-state index in [2.05, 4.69) is 4.89 Å². The van der Waals surface area contributed by atoms with Gasteiger partial charge in [0.05, 0.1) is 0 Å². The van der Waals surface area contributed by atoms with Crippen LogP contribution in [0.4, 0.5) is 4.79 Å². The fraction of sp³-hybridized carbons (Fsp3) is 0. The van der Waals surface area contributed by atoms with Crippen molar-refractivity contribution in [3.8, 4) is 0 Å². The van der Waals surface area contributed by atoms with Crippen LogP contribution < -0.4 is 113 Å². The van der Waals surface area contributed by atoms with Gasteiger partial charge < -0.3 is 31.0 Å². The van der Waals surface area contributed by atoms with E-state index in [4.69, 9.17) is 15.2 Å². The number of hydrogen-bond donors (Lipinski definition) is 0. The van der Waals surface area contributed by atoms with Crippen LogP contribution in [0.15, 0.2) is 0 Å². The number of carbonyl (C=O) groups excluding carboxylic acids is 1. The minimum atomic E-state index is -2.05. The Bertz CT molecular complexity index is 46.3. The molecule has 0 amide bonds. The van der Waals surface area contributed by atoms with E-state index in [1.807, 2.05) is 0 Å². The molecule has 0 bridgehead atoms. The standard InChI is InChI=1S/CH2O4.2K.2H2O/c2-1(3)5-4;;;;/h4H,(H,2,3);;;2*1H2/q;2*+1;;/p-2.